The van der Waals surface area contributed by atoms with E-state index >= 15 is 0 Å². The smallest absolute Gasteiger partial charge is 0.512 e. The summed E-state index contributed by atoms with van der Waals surface area (Å²) in [5.41, 5.74) is 0.756. The molecule has 0 aliphatic rings. The molecule has 1 aromatic rings. The van der Waals surface area contributed by atoms with Crippen molar-refractivity contribution in [3.8, 4) is 11.5 Å². The predicted octanol–water partition coefficient (Wildman–Crippen LogP) is 1.19. The standard InChI is InChI=1S/C13H21BO5/c1-9-7-11(18-6-5-13(3,4)15)8-10(2)12(9)19-14(16)17/h7-8,15-17H,5-6H2,1-4H3. The molecule has 0 aromatic heterocycles. The molecule has 0 saturated heterocycles. The summed E-state index contributed by atoms with van der Waals surface area (Å²) in [4.78, 5) is 0. The highest BCUT2D eigenvalue weighted by Gasteiger charge is 2.16. The van der Waals surface area contributed by atoms with E-state index in [-0.39, 0.29) is 0 Å². The second kappa shape index (κ2) is 6.28. The van der Waals surface area contributed by atoms with Crippen molar-refractivity contribution >= 4 is 7.32 Å². The number of benzene rings is 1. The van der Waals surface area contributed by atoms with Crippen molar-refractivity contribution < 1.29 is 24.5 Å². The molecule has 5 nitrogen and oxygen atoms in total. The Morgan fingerprint density at radius 3 is 2.11 bits per heavy atom. The van der Waals surface area contributed by atoms with Crippen LogP contribution in [0.2, 0.25) is 0 Å². The fraction of sp³-hybridized carbons (Fsp3) is 0.538. The molecule has 0 unspecified atom stereocenters. The molecule has 0 radical (unpaired) electrons. The third-order valence-electron chi connectivity index (χ3n) is 2.64. The van der Waals surface area contributed by atoms with Gasteiger partial charge in [0.15, 0.2) is 0 Å². The van der Waals surface area contributed by atoms with Gasteiger partial charge in [-0.15, -0.1) is 0 Å². The number of rotatable bonds is 6. The van der Waals surface area contributed by atoms with Crippen molar-refractivity contribution in [2.24, 2.45) is 0 Å². The molecule has 6 heteroatoms. The first-order valence-corrected chi connectivity index (χ1v) is 6.18. The summed E-state index contributed by atoms with van der Waals surface area (Å²) >= 11 is 0. The molecule has 0 saturated carbocycles. The molecular formula is C13H21BO5. The Bertz CT molecular complexity index is 403. The molecule has 0 aliphatic heterocycles. The summed E-state index contributed by atoms with van der Waals surface area (Å²) in [6, 6.07) is 3.52. The van der Waals surface area contributed by atoms with Crippen LogP contribution in [0, 0.1) is 13.8 Å². The van der Waals surface area contributed by atoms with Crippen molar-refractivity contribution in [2.75, 3.05) is 6.61 Å². The third kappa shape index (κ3) is 5.51. The summed E-state index contributed by atoms with van der Waals surface area (Å²) in [5.74, 6) is 1.10. The lowest BCUT2D eigenvalue weighted by molar-refractivity contribution is 0.0553. The van der Waals surface area contributed by atoms with Crippen molar-refractivity contribution in [3.05, 3.63) is 23.3 Å². The van der Waals surface area contributed by atoms with Crippen LogP contribution in [0.15, 0.2) is 12.1 Å². The lowest BCUT2D eigenvalue weighted by Crippen LogP contribution is -2.22. The zero-order valence-corrected chi connectivity index (χ0v) is 11.8. The zero-order chi connectivity index (χ0) is 14.6. The molecule has 0 atom stereocenters. The Morgan fingerprint density at radius 1 is 1.16 bits per heavy atom. The number of hydrogen-bond acceptors (Lipinski definition) is 5. The first-order valence-electron chi connectivity index (χ1n) is 6.18. The molecule has 19 heavy (non-hydrogen) atoms. The second-order valence-corrected chi connectivity index (χ2v) is 5.24. The molecule has 0 spiro atoms. The molecular weight excluding hydrogens is 247 g/mol. The average Bonchev–Trinajstić information content (AvgIpc) is 2.21. The van der Waals surface area contributed by atoms with Crippen molar-refractivity contribution in [2.45, 2.75) is 39.7 Å². The van der Waals surface area contributed by atoms with Gasteiger partial charge in [-0.1, -0.05) is 0 Å². The Hall–Kier alpha value is -1.24. The van der Waals surface area contributed by atoms with Crippen LogP contribution in [0.25, 0.3) is 0 Å². The first-order chi connectivity index (χ1) is 8.69. The van der Waals surface area contributed by atoms with Gasteiger partial charge in [-0.05, 0) is 51.0 Å². The van der Waals surface area contributed by atoms with E-state index in [1.54, 1.807) is 39.8 Å². The fourth-order valence-electron chi connectivity index (χ4n) is 1.70. The summed E-state index contributed by atoms with van der Waals surface area (Å²) in [6.07, 6.45) is 0.526. The molecule has 0 heterocycles. The van der Waals surface area contributed by atoms with Crippen LogP contribution in [0.1, 0.15) is 31.4 Å². The molecule has 0 bridgehead atoms. The van der Waals surface area contributed by atoms with Crippen LogP contribution in [0.3, 0.4) is 0 Å². The lowest BCUT2D eigenvalue weighted by atomic mass is 10.1. The van der Waals surface area contributed by atoms with Crippen molar-refractivity contribution in [1.82, 2.24) is 0 Å². The van der Waals surface area contributed by atoms with Gasteiger partial charge in [-0.3, -0.25) is 0 Å². The molecule has 0 fully saturated rings. The van der Waals surface area contributed by atoms with Gasteiger partial charge in [0.2, 0.25) is 0 Å². The topological polar surface area (TPSA) is 79.2 Å². The predicted molar refractivity (Wildman–Crippen MR) is 73.1 cm³/mol. The third-order valence-corrected chi connectivity index (χ3v) is 2.64. The number of aryl methyl sites for hydroxylation is 2. The highest BCUT2D eigenvalue weighted by Crippen LogP contribution is 2.28. The van der Waals surface area contributed by atoms with E-state index in [1.807, 2.05) is 0 Å². The minimum Gasteiger partial charge on any atom is -0.512 e. The van der Waals surface area contributed by atoms with E-state index in [4.69, 9.17) is 19.4 Å². The first kappa shape index (κ1) is 15.8. The summed E-state index contributed by atoms with van der Waals surface area (Å²) < 4.78 is 10.5. The van der Waals surface area contributed by atoms with E-state index in [0.29, 0.717) is 24.5 Å². The van der Waals surface area contributed by atoms with Gasteiger partial charge in [0, 0.05) is 6.42 Å². The van der Waals surface area contributed by atoms with Crippen LogP contribution in [-0.2, 0) is 0 Å². The molecule has 1 rings (SSSR count). The highest BCUT2D eigenvalue weighted by atomic mass is 16.6. The lowest BCUT2D eigenvalue weighted by Gasteiger charge is -2.18. The van der Waals surface area contributed by atoms with Gasteiger partial charge >= 0.3 is 7.32 Å². The Morgan fingerprint density at radius 2 is 1.68 bits per heavy atom. The van der Waals surface area contributed by atoms with Crippen LogP contribution in [0.4, 0.5) is 0 Å². The Kier molecular flexibility index (Phi) is 5.23. The van der Waals surface area contributed by atoms with E-state index in [2.05, 4.69) is 0 Å². The SMILES string of the molecule is Cc1cc(OCCC(C)(C)O)cc(C)c1OB(O)O. The van der Waals surface area contributed by atoms with Crippen LogP contribution < -0.4 is 9.39 Å². The highest BCUT2D eigenvalue weighted by molar-refractivity contribution is 6.33. The molecule has 0 amide bonds. The van der Waals surface area contributed by atoms with Gasteiger partial charge in [-0.2, -0.15) is 0 Å². The monoisotopic (exact) mass is 268 g/mol. The Labute approximate surface area is 114 Å². The maximum atomic E-state index is 9.59. The van der Waals surface area contributed by atoms with Gasteiger partial charge in [0.25, 0.3) is 0 Å². The van der Waals surface area contributed by atoms with Crippen molar-refractivity contribution in [1.29, 1.82) is 0 Å². The van der Waals surface area contributed by atoms with E-state index < -0.39 is 12.9 Å². The zero-order valence-electron chi connectivity index (χ0n) is 11.8. The molecule has 3 N–H and O–H groups in total. The average molecular weight is 268 g/mol. The minimum absolute atomic E-state index is 0.408. The van der Waals surface area contributed by atoms with E-state index in [1.165, 1.54) is 0 Å². The largest absolute Gasteiger partial charge is 0.707 e. The summed E-state index contributed by atoms with van der Waals surface area (Å²) in [6.45, 7) is 7.46. The normalized spacial score (nSPS) is 11.3. The number of ether oxygens (including phenoxy) is 1. The van der Waals surface area contributed by atoms with Gasteiger partial charge in [0.1, 0.15) is 11.5 Å². The van der Waals surface area contributed by atoms with Crippen LogP contribution >= 0.6 is 0 Å². The van der Waals surface area contributed by atoms with Crippen LogP contribution in [-0.4, -0.2) is 34.7 Å². The van der Waals surface area contributed by atoms with E-state index in [9.17, 15) is 5.11 Å². The number of hydrogen-bond donors (Lipinski definition) is 3. The van der Waals surface area contributed by atoms with Crippen LogP contribution in [0.5, 0.6) is 11.5 Å². The van der Waals surface area contributed by atoms with Gasteiger partial charge in [-0.25, -0.2) is 0 Å². The maximum absolute atomic E-state index is 9.59. The quantitative estimate of drug-likeness (QED) is 0.675. The van der Waals surface area contributed by atoms with E-state index in [0.717, 1.165) is 11.1 Å². The molecule has 1 aromatic carbocycles. The van der Waals surface area contributed by atoms with Crippen molar-refractivity contribution in [3.63, 3.8) is 0 Å². The number of aliphatic hydroxyl groups is 1. The van der Waals surface area contributed by atoms with Gasteiger partial charge < -0.3 is 24.5 Å². The fourth-order valence-corrected chi connectivity index (χ4v) is 1.70. The van der Waals surface area contributed by atoms with Gasteiger partial charge in [0.05, 0.1) is 12.2 Å². The second-order valence-electron chi connectivity index (χ2n) is 5.24. The molecule has 0 aliphatic carbocycles. The minimum atomic E-state index is -1.83. The molecule has 106 valence electrons. The Balaban J connectivity index is 2.72. The maximum Gasteiger partial charge on any atom is 0.707 e. The summed E-state index contributed by atoms with van der Waals surface area (Å²) in [5, 5.41) is 27.3. The summed E-state index contributed by atoms with van der Waals surface area (Å²) in [7, 11) is -1.83.